The van der Waals surface area contributed by atoms with E-state index in [-0.39, 0.29) is 0 Å². The molecule has 0 aliphatic rings. The van der Waals surface area contributed by atoms with Crippen LogP contribution in [0.15, 0.2) is 47.4 Å². The average Bonchev–Trinajstić information content (AvgIpc) is 2.54. The number of aliphatic imine (C=N–C) groups is 1. The molecule has 5 N–H and O–H groups in total. The van der Waals surface area contributed by atoms with Gasteiger partial charge in [-0.15, -0.1) is 0 Å². The van der Waals surface area contributed by atoms with Gasteiger partial charge in [-0.3, -0.25) is 4.99 Å². The van der Waals surface area contributed by atoms with Crippen LogP contribution >= 0.6 is 0 Å². The highest BCUT2D eigenvalue weighted by Gasteiger charge is 2.05. The summed E-state index contributed by atoms with van der Waals surface area (Å²) in [6, 6.07) is 7.96. The minimum atomic E-state index is 0.467. The Morgan fingerprint density at radius 2 is 2.18 bits per heavy atom. The van der Waals surface area contributed by atoms with Gasteiger partial charge in [0.05, 0.1) is 11.4 Å². The lowest BCUT2D eigenvalue weighted by molar-refractivity contribution is 1.05. The van der Waals surface area contributed by atoms with Crippen molar-refractivity contribution in [2.75, 3.05) is 12.4 Å². The Balaban J connectivity index is 2.30. The van der Waals surface area contributed by atoms with E-state index in [0.717, 1.165) is 22.4 Å². The van der Waals surface area contributed by atoms with Crippen molar-refractivity contribution in [3.63, 3.8) is 0 Å². The molecule has 2 aromatic rings. The fourth-order valence-electron chi connectivity index (χ4n) is 2.05. The molecule has 22 heavy (non-hydrogen) atoms. The van der Waals surface area contributed by atoms with E-state index in [2.05, 4.69) is 26.3 Å². The molecule has 0 amide bonds. The van der Waals surface area contributed by atoms with Crippen molar-refractivity contribution in [3.05, 3.63) is 53.5 Å². The summed E-state index contributed by atoms with van der Waals surface area (Å²) in [4.78, 5) is 12.6. The van der Waals surface area contributed by atoms with E-state index in [0.29, 0.717) is 18.2 Å². The van der Waals surface area contributed by atoms with Crippen LogP contribution in [0.25, 0.3) is 11.3 Å². The highest BCUT2D eigenvalue weighted by atomic mass is 15.1. The summed E-state index contributed by atoms with van der Waals surface area (Å²) >= 11 is 0. The van der Waals surface area contributed by atoms with E-state index in [1.54, 1.807) is 19.5 Å². The number of hydrogen-bond donors (Lipinski definition) is 3. The summed E-state index contributed by atoms with van der Waals surface area (Å²) in [5.74, 6) is 0.467. The second kappa shape index (κ2) is 7.33. The molecule has 0 saturated carbocycles. The number of hydrogen-bond acceptors (Lipinski definition) is 6. The van der Waals surface area contributed by atoms with Crippen molar-refractivity contribution in [1.29, 1.82) is 0 Å². The maximum absolute atomic E-state index is 5.70. The lowest BCUT2D eigenvalue weighted by atomic mass is 10.0. The molecule has 0 saturated heterocycles. The van der Waals surface area contributed by atoms with Gasteiger partial charge in [0.25, 0.3) is 0 Å². The summed E-state index contributed by atoms with van der Waals surface area (Å²) < 4.78 is 0. The van der Waals surface area contributed by atoms with E-state index >= 15 is 0 Å². The molecule has 0 spiro atoms. The number of aromatic nitrogens is 2. The van der Waals surface area contributed by atoms with E-state index in [1.807, 2.05) is 25.1 Å². The minimum Gasteiger partial charge on any atom is -0.403 e. The topological polar surface area (TPSA) is 102 Å². The first-order valence-corrected chi connectivity index (χ1v) is 6.92. The maximum atomic E-state index is 5.70. The van der Waals surface area contributed by atoms with Crippen molar-refractivity contribution in [2.45, 2.75) is 13.5 Å². The van der Waals surface area contributed by atoms with Crippen molar-refractivity contribution in [3.8, 4) is 11.3 Å². The molecule has 6 heteroatoms. The zero-order chi connectivity index (χ0) is 15.9. The van der Waals surface area contributed by atoms with Gasteiger partial charge in [0, 0.05) is 37.8 Å². The van der Waals surface area contributed by atoms with Crippen molar-refractivity contribution in [1.82, 2.24) is 9.97 Å². The Bertz CT molecular complexity index is 706. The first kappa shape index (κ1) is 15.7. The third-order valence-electron chi connectivity index (χ3n) is 3.22. The predicted octanol–water partition coefficient (Wildman–Crippen LogP) is 1.82. The number of nitrogens with zero attached hydrogens (tertiary/aromatic N) is 3. The van der Waals surface area contributed by atoms with E-state index in [9.17, 15) is 0 Å². The standard InChI is InChI=1S/C16H20N6/c1-11-7-12(3-4-13(11)8-17)15-5-6-20-16(22-15)21-14(9-18)10-19-2/h3-7,9-10H,8,17-18H2,1-2H3,(H,20,21,22)/b14-9+,19-10?. The van der Waals surface area contributed by atoms with Gasteiger partial charge >= 0.3 is 0 Å². The van der Waals surface area contributed by atoms with Gasteiger partial charge in [0.2, 0.25) is 5.95 Å². The SMILES string of the molecule is CN=C/C(=C\N)Nc1nccc(-c2ccc(CN)c(C)c2)n1. The highest BCUT2D eigenvalue weighted by molar-refractivity contribution is 5.82. The van der Waals surface area contributed by atoms with E-state index in [1.165, 1.54) is 6.20 Å². The third kappa shape index (κ3) is 3.67. The molecule has 0 aliphatic heterocycles. The van der Waals surface area contributed by atoms with Gasteiger partial charge in [0.15, 0.2) is 0 Å². The molecule has 2 rings (SSSR count). The van der Waals surface area contributed by atoms with Gasteiger partial charge in [-0.2, -0.15) is 0 Å². The summed E-state index contributed by atoms with van der Waals surface area (Å²) in [7, 11) is 1.67. The molecule has 0 aliphatic carbocycles. The Labute approximate surface area is 130 Å². The largest absolute Gasteiger partial charge is 0.403 e. The van der Waals surface area contributed by atoms with Crippen LogP contribution in [0, 0.1) is 6.92 Å². The van der Waals surface area contributed by atoms with Crippen molar-refractivity contribution >= 4 is 12.2 Å². The Morgan fingerprint density at radius 3 is 2.82 bits per heavy atom. The molecule has 0 bridgehead atoms. The number of nitrogens with one attached hydrogen (secondary N) is 1. The molecule has 0 atom stereocenters. The fraction of sp³-hybridized carbons (Fsp3) is 0.188. The quantitative estimate of drug-likeness (QED) is 0.730. The van der Waals surface area contributed by atoms with Crippen LogP contribution in [-0.4, -0.2) is 23.2 Å². The lowest BCUT2D eigenvalue weighted by Gasteiger charge is -2.09. The molecule has 1 aromatic carbocycles. The second-order valence-electron chi connectivity index (χ2n) is 4.75. The maximum Gasteiger partial charge on any atom is 0.227 e. The van der Waals surface area contributed by atoms with Crippen molar-refractivity contribution in [2.24, 2.45) is 16.5 Å². The Kier molecular flexibility index (Phi) is 5.21. The summed E-state index contributed by atoms with van der Waals surface area (Å²) in [5.41, 5.74) is 16.0. The van der Waals surface area contributed by atoms with Crippen LogP contribution in [0.1, 0.15) is 11.1 Å². The summed E-state index contributed by atoms with van der Waals surface area (Å²) in [6.45, 7) is 2.57. The predicted molar refractivity (Wildman–Crippen MR) is 90.4 cm³/mol. The van der Waals surface area contributed by atoms with Gasteiger partial charge in [-0.25, -0.2) is 9.97 Å². The molecule has 0 fully saturated rings. The van der Waals surface area contributed by atoms with Gasteiger partial charge in [0.1, 0.15) is 0 Å². The molecular weight excluding hydrogens is 276 g/mol. The van der Waals surface area contributed by atoms with Crippen LogP contribution in [0.4, 0.5) is 5.95 Å². The number of nitrogens with two attached hydrogens (primary N) is 2. The van der Waals surface area contributed by atoms with Crippen LogP contribution in [0.3, 0.4) is 0 Å². The van der Waals surface area contributed by atoms with Crippen LogP contribution in [0.5, 0.6) is 0 Å². The monoisotopic (exact) mass is 296 g/mol. The normalized spacial score (nSPS) is 11.9. The molecule has 114 valence electrons. The molecule has 0 radical (unpaired) electrons. The lowest BCUT2D eigenvalue weighted by Crippen LogP contribution is -2.07. The van der Waals surface area contributed by atoms with E-state index < -0.39 is 0 Å². The van der Waals surface area contributed by atoms with Crippen LogP contribution in [-0.2, 0) is 6.54 Å². The zero-order valence-corrected chi connectivity index (χ0v) is 12.7. The van der Waals surface area contributed by atoms with Gasteiger partial charge in [-0.05, 0) is 30.2 Å². The zero-order valence-electron chi connectivity index (χ0n) is 12.7. The number of benzene rings is 1. The minimum absolute atomic E-state index is 0.467. The third-order valence-corrected chi connectivity index (χ3v) is 3.22. The number of anilines is 1. The molecule has 0 unspecified atom stereocenters. The summed E-state index contributed by atoms with van der Waals surface area (Å²) in [6.07, 6.45) is 4.73. The second-order valence-corrected chi connectivity index (χ2v) is 4.75. The van der Waals surface area contributed by atoms with Crippen LogP contribution in [0.2, 0.25) is 0 Å². The van der Waals surface area contributed by atoms with Crippen LogP contribution < -0.4 is 16.8 Å². The number of allylic oxidation sites excluding steroid dienone is 1. The molecule has 1 aromatic heterocycles. The first-order valence-electron chi connectivity index (χ1n) is 6.92. The Morgan fingerprint density at radius 1 is 1.36 bits per heavy atom. The smallest absolute Gasteiger partial charge is 0.227 e. The first-order chi connectivity index (χ1) is 10.7. The number of aryl methyl sites for hydroxylation is 1. The average molecular weight is 296 g/mol. The number of rotatable bonds is 5. The molecule has 6 nitrogen and oxygen atoms in total. The van der Waals surface area contributed by atoms with Crippen molar-refractivity contribution < 1.29 is 0 Å². The molecule has 1 heterocycles. The Hall–Kier alpha value is -2.73. The summed E-state index contributed by atoms with van der Waals surface area (Å²) in [5, 5.41) is 3.02. The van der Waals surface area contributed by atoms with E-state index in [4.69, 9.17) is 11.5 Å². The molecular formula is C16H20N6. The van der Waals surface area contributed by atoms with Gasteiger partial charge < -0.3 is 16.8 Å². The van der Waals surface area contributed by atoms with Gasteiger partial charge in [-0.1, -0.05) is 12.1 Å². The highest BCUT2D eigenvalue weighted by Crippen LogP contribution is 2.21. The fourth-order valence-corrected chi connectivity index (χ4v) is 2.05.